The molecule has 0 radical (unpaired) electrons. The summed E-state index contributed by atoms with van der Waals surface area (Å²) < 4.78 is 43.2. The van der Waals surface area contributed by atoms with Gasteiger partial charge in [-0.3, -0.25) is 4.79 Å². The molecule has 28 heavy (non-hydrogen) atoms. The monoisotopic (exact) mass is 412 g/mol. The second-order valence-electron chi connectivity index (χ2n) is 7.15. The third-order valence-corrected chi connectivity index (χ3v) is 6.17. The van der Waals surface area contributed by atoms with Gasteiger partial charge in [-0.25, -0.2) is 0 Å². The van der Waals surface area contributed by atoms with Crippen LogP contribution in [0.1, 0.15) is 53.6 Å². The number of thiophene rings is 1. The van der Waals surface area contributed by atoms with Gasteiger partial charge in [0, 0.05) is 18.7 Å². The molecule has 0 bridgehead atoms. The van der Waals surface area contributed by atoms with E-state index in [9.17, 15) is 18.0 Å². The van der Waals surface area contributed by atoms with Gasteiger partial charge in [-0.2, -0.15) is 13.2 Å². The zero-order valence-electron chi connectivity index (χ0n) is 15.9. The molecular formula is C20H23F3N2O2S. The molecule has 4 nitrogen and oxygen atoms in total. The second kappa shape index (κ2) is 8.11. The van der Waals surface area contributed by atoms with Crippen LogP contribution < -0.4 is 0 Å². The highest BCUT2D eigenvalue weighted by atomic mass is 32.1. The van der Waals surface area contributed by atoms with Gasteiger partial charge in [0.15, 0.2) is 0 Å². The first-order chi connectivity index (χ1) is 13.2. The summed E-state index contributed by atoms with van der Waals surface area (Å²) in [5, 5.41) is 3.57. The summed E-state index contributed by atoms with van der Waals surface area (Å²) in [6, 6.07) is 3.27. The molecule has 2 aromatic heterocycles. The lowest BCUT2D eigenvalue weighted by Gasteiger charge is -2.33. The summed E-state index contributed by atoms with van der Waals surface area (Å²) in [4.78, 5) is 15.7. The van der Waals surface area contributed by atoms with Gasteiger partial charge in [0.05, 0.1) is 9.75 Å². The molecule has 0 unspecified atom stereocenters. The Morgan fingerprint density at radius 3 is 2.82 bits per heavy atom. The molecule has 2 aromatic rings. The molecule has 1 aliphatic rings. The zero-order chi connectivity index (χ0) is 20.5. The van der Waals surface area contributed by atoms with E-state index in [1.165, 1.54) is 12.5 Å². The Kier molecular flexibility index (Phi) is 5.98. The van der Waals surface area contributed by atoms with Crippen LogP contribution in [-0.2, 0) is 6.18 Å². The first-order valence-electron chi connectivity index (χ1n) is 9.33. The number of hydrogen-bond donors (Lipinski definition) is 0. The number of aromatic nitrogens is 1. The number of piperidine rings is 1. The smallest absolute Gasteiger partial charge is 0.351 e. The van der Waals surface area contributed by atoms with E-state index in [2.05, 4.69) is 23.2 Å². The van der Waals surface area contributed by atoms with E-state index in [4.69, 9.17) is 0 Å². The quantitative estimate of drug-likeness (QED) is 0.571. The van der Waals surface area contributed by atoms with Gasteiger partial charge < -0.3 is 9.42 Å². The fourth-order valence-electron chi connectivity index (χ4n) is 3.59. The standard InChI is InChI=1S/C20H23F3N2O2S/c1-4-6-12(2)14-7-5-10-25(11-14)19(26)16-9-8-15(28-16)17-13(3)18(27-24-17)20(21,22)23/h8-9,14H,2,4-7,10-11H2,1,3H3/t14-/m1/s1. The largest absolute Gasteiger partial charge is 0.452 e. The van der Waals surface area contributed by atoms with E-state index in [0.717, 1.165) is 37.0 Å². The first-order valence-corrected chi connectivity index (χ1v) is 10.1. The highest BCUT2D eigenvalue weighted by molar-refractivity contribution is 7.17. The van der Waals surface area contributed by atoms with Gasteiger partial charge in [0.25, 0.3) is 5.91 Å². The highest BCUT2D eigenvalue weighted by Gasteiger charge is 2.39. The third kappa shape index (κ3) is 4.16. The number of rotatable bonds is 5. The fraction of sp³-hybridized carbons (Fsp3) is 0.500. The van der Waals surface area contributed by atoms with Crippen molar-refractivity contribution < 1.29 is 22.5 Å². The summed E-state index contributed by atoms with van der Waals surface area (Å²) in [6.07, 6.45) is -0.627. The number of carbonyl (C=O) groups excluding carboxylic acids is 1. The van der Waals surface area contributed by atoms with Crippen molar-refractivity contribution >= 4 is 17.2 Å². The van der Waals surface area contributed by atoms with Crippen molar-refractivity contribution in [3.63, 3.8) is 0 Å². The number of carbonyl (C=O) groups is 1. The fourth-order valence-corrected chi connectivity index (χ4v) is 4.60. The van der Waals surface area contributed by atoms with E-state index in [1.54, 1.807) is 12.1 Å². The van der Waals surface area contributed by atoms with Crippen molar-refractivity contribution in [2.24, 2.45) is 5.92 Å². The van der Waals surface area contributed by atoms with Crippen LogP contribution in [0.2, 0.25) is 0 Å². The van der Waals surface area contributed by atoms with Gasteiger partial charge in [-0.15, -0.1) is 11.3 Å². The number of amides is 1. The van der Waals surface area contributed by atoms with Crippen LogP contribution in [0.15, 0.2) is 28.8 Å². The minimum absolute atomic E-state index is 0.0674. The molecule has 1 saturated heterocycles. The Hall–Kier alpha value is -2.09. The summed E-state index contributed by atoms with van der Waals surface area (Å²) in [6.45, 7) is 8.93. The molecule has 152 valence electrons. The summed E-state index contributed by atoms with van der Waals surface area (Å²) >= 11 is 1.14. The Morgan fingerprint density at radius 2 is 2.18 bits per heavy atom. The predicted molar refractivity (Wildman–Crippen MR) is 102 cm³/mol. The van der Waals surface area contributed by atoms with E-state index >= 15 is 0 Å². The van der Waals surface area contributed by atoms with Crippen LogP contribution >= 0.6 is 11.3 Å². The normalized spacial score (nSPS) is 17.8. The molecule has 0 N–H and O–H groups in total. The van der Waals surface area contributed by atoms with Gasteiger partial charge in [0.2, 0.25) is 5.76 Å². The maximum absolute atomic E-state index is 12.9. The summed E-state index contributed by atoms with van der Waals surface area (Å²) in [7, 11) is 0. The molecule has 3 heterocycles. The maximum Gasteiger partial charge on any atom is 0.452 e. The van der Waals surface area contributed by atoms with E-state index < -0.39 is 11.9 Å². The summed E-state index contributed by atoms with van der Waals surface area (Å²) in [5.74, 6) is -0.885. The molecule has 1 aliphatic heterocycles. The lowest BCUT2D eigenvalue weighted by molar-refractivity contribution is -0.156. The molecule has 1 atom stereocenters. The zero-order valence-corrected chi connectivity index (χ0v) is 16.8. The van der Waals surface area contributed by atoms with Gasteiger partial charge in [0.1, 0.15) is 5.69 Å². The Bertz CT molecular complexity index is 869. The number of likely N-dealkylation sites (tertiary alicyclic amines) is 1. The van der Waals surface area contributed by atoms with Crippen LogP contribution in [0.3, 0.4) is 0 Å². The van der Waals surface area contributed by atoms with E-state index in [1.807, 2.05) is 4.90 Å². The average Bonchev–Trinajstić information content (AvgIpc) is 3.27. The number of halogens is 3. The Morgan fingerprint density at radius 1 is 1.43 bits per heavy atom. The van der Waals surface area contributed by atoms with Gasteiger partial charge >= 0.3 is 6.18 Å². The minimum Gasteiger partial charge on any atom is -0.351 e. The van der Waals surface area contributed by atoms with Crippen molar-refractivity contribution in [3.8, 4) is 10.6 Å². The van der Waals surface area contributed by atoms with Crippen molar-refractivity contribution in [3.05, 3.63) is 40.5 Å². The molecule has 0 aliphatic carbocycles. The molecule has 1 amide bonds. The number of nitrogens with zero attached hydrogens (tertiary/aromatic N) is 2. The Labute approximate surface area is 166 Å². The SMILES string of the molecule is C=C(CCC)[C@@H]1CCCN(C(=O)c2ccc(-c3noc(C(F)(F)F)c3C)s2)C1. The molecule has 3 rings (SSSR count). The van der Waals surface area contributed by atoms with Crippen LogP contribution in [0.4, 0.5) is 13.2 Å². The molecule has 0 saturated carbocycles. The second-order valence-corrected chi connectivity index (χ2v) is 8.23. The van der Waals surface area contributed by atoms with Crippen LogP contribution in [-0.4, -0.2) is 29.1 Å². The highest BCUT2D eigenvalue weighted by Crippen LogP contribution is 2.38. The van der Waals surface area contributed by atoms with Crippen molar-refractivity contribution in [2.75, 3.05) is 13.1 Å². The van der Waals surface area contributed by atoms with Gasteiger partial charge in [-0.05, 0) is 44.2 Å². The van der Waals surface area contributed by atoms with E-state index in [0.29, 0.717) is 28.8 Å². The lowest BCUT2D eigenvalue weighted by Crippen LogP contribution is -2.40. The average molecular weight is 412 g/mol. The molecule has 8 heteroatoms. The minimum atomic E-state index is -4.59. The van der Waals surface area contributed by atoms with Crippen molar-refractivity contribution in [1.29, 1.82) is 0 Å². The summed E-state index contributed by atoms with van der Waals surface area (Å²) in [5.41, 5.74) is 1.25. The van der Waals surface area contributed by atoms with Crippen molar-refractivity contribution in [2.45, 2.75) is 45.7 Å². The third-order valence-electron chi connectivity index (χ3n) is 5.09. The first kappa shape index (κ1) is 20.6. The molecular weight excluding hydrogens is 389 g/mol. The van der Waals surface area contributed by atoms with Crippen LogP contribution in [0, 0.1) is 12.8 Å². The molecule has 0 spiro atoms. The Balaban J connectivity index is 1.76. The molecule has 0 aromatic carbocycles. The maximum atomic E-state index is 12.9. The number of alkyl halides is 3. The van der Waals surface area contributed by atoms with Gasteiger partial charge in [-0.1, -0.05) is 30.7 Å². The van der Waals surface area contributed by atoms with Crippen LogP contribution in [0.5, 0.6) is 0 Å². The van der Waals surface area contributed by atoms with Crippen LogP contribution in [0.25, 0.3) is 10.6 Å². The van der Waals surface area contributed by atoms with Crippen molar-refractivity contribution in [1.82, 2.24) is 10.1 Å². The van der Waals surface area contributed by atoms with E-state index in [-0.39, 0.29) is 17.2 Å². The number of hydrogen-bond acceptors (Lipinski definition) is 4. The molecule has 1 fully saturated rings. The lowest BCUT2D eigenvalue weighted by atomic mass is 9.89. The predicted octanol–water partition coefficient (Wildman–Crippen LogP) is 5.94. The topological polar surface area (TPSA) is 46.3 Å².